The minimum atomic E-state index is -1.88. The summed E-state index contributed by atoms with van der Waals surface area (Å²) in [5, 5.41) is 19.8. The molecule has 0 saturated carbocycles. The Bertz CT molecular complexity index is 1240. The van der Waals surface area contributed by atoms with Crippen molar-refractivity contribution in [3.8, 4) is 0 Å². The van der Waals surface area contributed by atoms with Crippen LogP contribution in [0.1, 0.15) is 22.4 Å². The Morgan fingerprint density at radius 1 is 0.903 bits per heavy atom. The Morgan fingerprint density at radius 3 is 2.39 bits per heavy atom. The van der Waals surface area contributed by atoms with Gasteiger partial charge in [-0.05, 0) is 29.3 Å². The summed E-state index contributed by atoms with van der Waals surface area (Å²) in [5.41, 5.74) is 1.18. The monoisotopic (exact) mass is 414 g/mol. The first-order chi connectivity index (χ1) is 15.1. The van der Waals surface area contributed by atoms with Gasteiger partial charge in [0.05, 0.1) is 25.0 Å². The normalized spacial score (nSPS) is 17.7. The number of hydrogen-bond acceptors (Lipinski definition) is 4. The quantitative estimate of drug-likeness (QED) is 0.544. The number of carbonyl (C=O) groups excluding carboxylic acids is 1. The molecule has 154 valence electrons. The first-order valence-corrected chi connectivity index (χ1v) is 9.88. The number of fused-ring (bicyclic) bond motifs is 1. The fourth-order valence-electron chi connectivity index (χ4n) is 3.98. The van der Waals surface area contributed by atoms with Crippen LogP contribution in [0.2, 0.25) is 0 Å². The number of rotatable bonds is 5. The summed E-state index contributed by atoms with van der Waals surface area (Å²) in [6.07, 6.45) is 1.79. The van der Waals surface area contributed by atoms with Crippen molar-refractivity contribution in [1.82, 2.24) is 15.0 Å². The van der Waals surface area contributed by atoms with Gasteiger partial charge in [0.1, 0.15) is 11.5 Å². The Labute approximate surface area is 178 Å². The molecule has 0 fully saturated rings. The highest BCUT2D eigenvalue weighted by Gasteiger charge is 2.51. The maximum Gasteiger partial charge on any atom is 0.268 e. The average Bonchev–Trinajstić information content (AvgIpc) is 3.32. The fourth-order valence-corrected chi connectivity index (χ4v) is 3.98. The summed E-state index contributed by atoms with van der Waals surface area (Å²) in [4.78, 5) is 14.9. The van der Waals surface area contributed by atoms with Crippen molar-refractivity contribution in [2.24, 2.45) is 0 Å². The van der Waals surface area contributed by atoms with Gasteiger partial charge in [0, 0.05) is 5.56 Å². The van der Waals surface area contributed by atoms with E-state index in [0.717, 1.165) is 5.56 Å². The van der Waals surface area contributed by atoms with Crippen molar-refractivity contribution in [2.45, 2.75) is 18.7 Å². The molecule has 0 spiro atoms. The summed E-state index contributed by atoms with van der Waals surface area (Å²) < 4.78 is 15.1. The van der Waals surface area contributed by atoms with Crippen LogP contribution < -0.4 is 4.90 Å². The zero-order valence-corrected chi connectivity index (χ0v) is 16.5. The van der Waals surface area contributed by atoms with Crippen LogP contribution in [-0.4, -0.2) is 26.0 Å². The molecule has 1 amide bonds. The predicted molar refractivity (Wildman–Crippen MR) is 113 cm³/mol. The number of amides is 1. The number of carbonyl (C=O) groups is 1. The smallest absolute Gasteiger partial charge is 0.268 e. The van der Waals surface area contributed by atoms with Gasteiger partial charge in [-0.15, -0.1) is 5.10 Å². The molecular formula is C24H19FN4O2. The van der Waals surface area contributed by atoms with Gasteiger partial charge in [0.2, 0.25) is 0 Å². The van der Waals surface area contributed by atoms with E-state index in [4.69, 9.17) is 0 Å². The number of hydrogen-bond donors (Lipinski definition) is 1. The van der Waals surface area contributed by atoms with Gasteiger partial charge in [-0.2, -0.15) is 0 Å². The van der Waals surface area contributed by atoms with Crippen molar-refractivity contribution in [3.05, 3.63) is 113 Å². The SMILES string of the molecule is O=C1N(Cc2cn(Cc3ccccc3)nn2)c2ccccc2C1(O)c1ccc(F)cc1. The molecule has 1 aliphatic heterocycles. The van der Waals surface area contributed by atoms with Gasteiger partial charge in [-0.3, -0.25) is 4.79 Å². The molecule has 4 aromatic rings. The van der Waals surface area contributed by atoms with Gasteiger partial charge in [0.15, 0.2) is 5.60 Å². The maximum absolute atomic E-state index is 13.4. The van der Waals surface area contributed by atoms with Crippen LogP contribution in [0.4, 0.5) is 10.1 Å². The third-order valence-electron chi connectivity index (χ3n) is 5.49. The van der Waals surface area contributed by atoms with E-state index in [-0.39, 0.29) is 6.54 Å². The zero-order valence-electron chi connectivity index (χ0n) is 16.5. The van der Waals surface area contributed by atoms with Crippen LogP contribution in [-0.2, 0) is 23.5 Å². The zero-order chi connectivity index (χ0) is 21.4. The number of aromatic nitrogens is 3. The van der Waals surface area contributed by atoms with Crippen molar-refractivity contribution >= 4 is 11.6 Å². The Balaban J connectivity index is 1.45. The standard InChI is InChI=1S/C24H19FN4O2/c25-19-12-10-18(11-13-19)24(31)21-8-4-5-9-22(21)29(23(24)30)16-20-15-28(27-26-20)14-17-6-2-1-3-7-17/h1-13,15,31H,14,16H2. The third kappa shape index (κ3) is 3.29. The second-order valence-electron chi connectivity index (χ2n) is 7.52. The first-order valence-electron chi connectivity index (χ1n) is 9.88. The van der Waals surface area contributed by atoms with E-state index in [1.165, 1.54) is 29.2 Å². The molecule has 5 rings (SSSR count). The number of para-hydroxylation sites is 1. The van der Waals surface area contributed by atoms with E-state index in [2.05, 4.69) is 10.3 Å². The highest BCUT2D eigenvalue weighted by atomic mass is 19.1. The minimum absolute atomic E-state index is 0.161. The van der Waals surface area contributed by atoms with Crippen LogP contribution in [0.25, 0.3) is 0 Å². The molecule has 6 nitrogen and oxygen atoms in total. The van der Waals surface area contributed by atoms with Crippen molar-refractivity contribution in [3.63, 3.8) is 0 Å². The molecule has 0 radical (unpaired) electrons. The van der Waals surface area contributed by atoms with Crippen molar-refractivity contribution in [2.75, 3.05) is 4.90 Å². The second kappa shape index (κ2) is 7.45. The molecule has 2 heterocycles. The molecule has 1 unspecified atom stereocenters. The topological polar surface area (TPSA) is 71.2 Å². The summed E-state index contributed by atoms with van der Waals surface area (Å²) >= 11 is 0. The number of benzene rings is 3. The van der Waals surface area contributed by atoms with Crippen LogP contribution >= 0.6 is 0 Å². The number of anilines is 1. The van der Waals surface area contributed by atoms with Gasteiger partial charge < -0.3 is 10.0 Å². The van der Waals surface area contributed by atoms with Crippen molar-refractivity contribution in [1.29, 1.82) is 0 Å². The van der Waals surface area contributed by atoms with Gasteiger partial charge in [0.25, 0.3) is 5.91 Å². The van der Waals surface area contributed by atoms with Crippen LogP contribution in [0.3, 0.4) is 0 Å². The molecule has 1 aliphatic rings. The molecule has 31 heavy (non-hydrogen) atoms. The van der Waals surface area contributed by atoms with E-state index in [9.17, 15) is 14.3 Å². The average molecular weight is 414 g/mol. The lowest BCUT2D eigenvalue weighted by atomic mass is 9.87. The molecule has 3 aromatic carbocycles. The molecule has 0 saturated heterocycles. The number of aliphatic hydroxyl groups is 1. The highest BCUT2D eigenvalue weighted by Crippen LogP contribution is 2.44. The fraction of sp³-hybridized carbons (Fsp3) is 0.125. The summed E-state index contributed by atoms with van der Waals surface area (Å²) in [7, 11) is 0. The van der Waals surface area contributed by atoms with E-state index in [1.807, 2.05) is 36.4 Å². The van der Waals surface area contributed by atoms with Crippen molar-refractivity contribution < 1.29 is 14.3 Å². The maximum atomic E-state index is 13.4. The molecular weight excluding hydrogens is 395 g/mol. The lowest BCUT2D eigenvalue weighted by Gasteiger charge is -2.23. The van der Waals surface area contributed by atoms with Crippen LogP contribution in [0.5, 0.6) is 0 Å². The van der Waals surface area contributed by atoms with Crippen LogP contribution in [0.15, 0.2) is 85.1 Å². The predicted octanol–water partition coefficient (Wildman–Crippen LogP) is 3.25. The summed E-state index contributed by atoms with van der Waals surface area (Å²) in [6, 6.07) is 22.3. The number of halogens is 1. The van der Waals surface area contributed by atoms with E-state index < -0.39 is 17.3 Å². The second-order valence-corrected chi connectivity index (χ2v) is 7.52. The highest BCUT2D eigenvalue weighted by molar-refractivity contribution is 6.08. The first kappa shape index (κ1) is 19.1. The molecule has 1 atom stereocenters. The molecule has 1 aromatic heterocycles. The molecule has 7 heteroatoms. The molecule has 0 bridgehead atoms. The molecule has 0 aliphatic carbocycles. The minimum Gasteiger partial charge on any atom is -0.372 e. The Hall–Kier alpha value is -3.84. The van der Waals surface area contributed by atoms with Crippen LogP contribution in [0, 0.1) is 5.82 Å². The molecule has 1 N–H and O–H groups in total. The Kier molecular flexibility index (Phi) is 4.60. The lowest BCUT2D eigenvalue weighted by molar-refractivity contribution is -0.132. The largest absolute Gasteiger partial charge is 0.372 e. The van der Waals surface area contributed by atoms with Gasteiger partial charge in [-0.1, -0.05) is 65.9 Å². The summed E-state index contributed by atoms with van der Waals surface area (Å²) in [6.45, 7) is 0.728. The van der Waals surface area contributed by atoms with Gasteiger partial charge in [-0.25, -0.2) is 9.07 Å². The number of nitrogens with zero attached hydrogens (tertiary/aromatic N) is 4. The van der Waals surface area contributed by atoms with E-state index in [1.54, 1.807) is 29.1 Å². The lowest BCUT2D eigenvalue weighted by Crippen LogP contribution is -2.41. The third-order valence-corrected chi connectivity index (χ3v) is 5.49. The Morgan fingerprint density at radius 2 is 1.61 bits per heavy atom. The van der Waals surface area contributed by atoms with E-state index in [0.29, 0.717) is 29.1 Å². The van der Waals surface area contributed by atoms with Gasteiger partial charge >= 0.3 is 0 Å². The van der Waals surface area contributed by atoms with E-state index >= 15 is 0 Å². The summed E-state index contributed by atoms with van der Waals surface area (Å²) in [5.74, 6) is -0.934.